The first-order chi connectivity index (χ1) is 19.2. The fourth-order valence-electron chi connectivity index (χ4n) is 4.34. The molecule has 0 aromatic heterocycles. The number of non-ortho nitro benzene ring substituents is 1. The summed E-state index contributed by atoms with van der Waals surface area (Å²) in [6.45, 7) is 4.60. The maximum atomic E-state index is 13.7. The molecule has 1 aliphatic rings. The Hall–Kier alpha value is -2.87. The lowest BCUT2D eigenvalue weighted by Gasteiger charge is -2.33. The minimum atomic E-state index is -4.25. The second-order valence-corrected chi connectivity index (χ2v) is 14.0. The molecule has 0 saturated carbocycles. The molecule has 0 radical (unpaired) electrons. The van der Waals surface area contributed by atoms with Gasteiger partial charge in [-0.25, -0.2) is 13.2 Å². The first-order valence-corrected chi connectivity index (χ1v) is 16.6. The molecule has 4 unspecified atom stereocenters. The van der Waals surface area contributed by atoms with Crippen molar-refractivity contribution in [2.45, 2.75) is 56.4 Å². The summed E-state index contributed by atoms with van der Waals surface area (Å²) in [6, 6.07) is 12.4. The van der Waals surface area contributed by atoms with Crippen LogP contribution in [0.1, 0.15) is 32.3 Å². The molecule has 1 aliphatic heterocycles. The summed E-state index contributed by atoms with van der Waals surface area (Å²) in [5.74, 6) is -0.170. The number of nitrogens with one attached hydrogen (secondary N) is 1. The second kappa shape index (κ2) is 14.3. The molecule has 13 nitrogen and oxygen atoms in total. The van der Waals surface area contributed by atoms with Gasteiger partial charge in [0.05, 0.1) is 22.5 Å². The highest BCUT2D eigenvalue weighted by atomic mass is 32.2. The van der Waals surface area contributed by atoms with Gasteiger partial charge in [-0.1, -0.05) is 44.2 Å². The molecule has 3 rings (SSSR count). The zero-order valence-electron chi connectivity index (χ0n) is 23.1. The van der Waals surface area contributed by atoms with Crippen LogP contribution in [0.5, 0.6) is 0 Å². The van der Waals surface area contributed by atoms with Crippen molar-refractivity contribution in [3.8, 4) is 0 Å². The third-order valence-corrected chi connectivity index (χ3v) is 8.65. The minimum Gasteiger partial charge on any atom is -0.420 e. The van der Waals surface area contributed by atoms with Crippen LogP contribution < -0.4 is 5.32 Å². The van der Waals surface area contributed by atoms with Crippen molar-refractivity contribution in [3.05, 3.63) is 70.3 Å². The lowest BCUT2D eigenvalue weighted by molar-refractivity contribution is -0.384. The van der Waals surface area contributed by atoms with Crippen molar-refractivity contribution in [3.63, 3.8) is 0 Å². The molecule has 226 valence electrons. The van der Waals surface area contributed by atoms with Crippen LogP contribution in [0.4, 0.5) is 10.5 Å². The molecular formula is C26H36N3O10PS. The highest BCUT2D eigenvalue weighted by Gasteiger charge is 2.36. The van der Waals surface area contributed by atoms with Crippen LogP contribution in [-0.4, -0.2) is 73.4 Å². The number of alkyl carbamates (subject to hydrolysis) is 1. The number of hydrogen-bond acceptors (Lipinski definition) is 9. The molecule has 4 atom stereocenters. The van der Waals surface area contributed by atoms with E-state index in [1.807, 2.05) is 0 Å². The third kappa shape index (κ3) is 10.2. The summed E-state index contributed by atoms with van der Waals surface area (Å²) in [4.78, 5) is 33.3. The van der Waals surface area contributed by atoms with E-state index >= 15 is 0 Å². The number of carbonyl (C=O) groups is 1. The summed E-state index contributed by atoms with van der Waals surface area (Å²) in [6.07, 6.45) is -1.50. The molecule has 0 aliphatic carbocycles. The Kier molecular flexibility index (Phi) is 11.4. The molecule has 0 bridgehead atoms. The van der Waals surface area contributed by atoms with Crippen LogP contribution in [0.15, 0.2) is 59.5 Å². The predicted octanol–water partition coefficient (Wildman–Crippen LogP) is 3.92. The number of benzene rings is 2. The van der Waals surface area contributed by atoms with Gasteiger partial charge in [-0.15, -0.1) is 0 Å². The number of ether oxygens (including phenoxy) is 2. The molecule has 2 aromatic carbocycles. The van der Waals surface area contributed by atoms with E-state index in [0.717, 1.165) is 47.2 Å². The van der Waals surface area contributed by atoms with Gasteiger partial charge >= 0.3 is 13.7 Å². The van der Waals surface area contributed by atoms with Crippen LogP contribution in [0, 0.1) is 16.0 Å². The highest BCUT2D eigenvalue weighted by molar-refractivity contribution is 7.89. The van der Waals surface area contributed by atoms with Gasteiger partial charge in [0.1, 0.15) is 6.10 Å². The molecule has 2 N–H and O–H groups in total. The fourth-order valence-corrected chi connectivity index (χ4v) is 6.67. The number of carbonyl (C=O) groups excluding carboxylic acids is 1. The van der Waals surface area contributed by atoms with Crippen LogP contribution in [0.2, 0.25) is 0 Å². The quantitative estimate of drug-likeness (QED) is 0.181. The van der Waals surface area contributed by atoms with Crippen molar-refractivity contribution in [1.29, 1.82) is 0 Å². The van der Waals surface area contributed by atoms with E-state index in [-0.39, 0.29) is 29.5 Å². The van der Waals surface area contributed by atoms with E-state index in [2.05, 4.69) is 5.32 Å². The van der Waals surface area contributed by atoms with Crippen LogP contribution in [0.25, 0.3) is 0 Å². The van der Waals surface area contributed by atoms with Crippen molar-refractivity contribution < 1.29 is 41.6 Å². The largest absolute Gasteiger partial charge is 0.420 e. The predicted molar refractivity (Wildman–Crippen MR) is 150 cm³/mol. The lowest BCUT2D eigenvalue weighted by Crippen LogP contribution is -2.52. The Morgan fingerprint density at radius 1 is 1.20 bits per heavy atom. The maximum absolute atomic E-state index is 13.7. The molecule has 1 heterocycles. The van der Waals surface area contributed by atoms with Gasteiger partial charge in [0, 0.05) is 38.3 Å². The van der Waals surface area contributed by atoms with Crippen molar-refractivity contribution in [2.75, 3.05) is 26.4 Å². The van der Waals surface area contributed by atoms with E-state index in [9.17, 15) is 32.8 Å². The lowest BCUT2D eigenvalue weighted by atomic mass is 10.0. The second-order valence-electron chi connectivity index (χ2n) is 10.2. The Bertz CT molecular complexity index is 1310. The first-order valence-electron chi connectivity index (χ1n) is 13.1. The number of sulfonamides is 1. The van der Waals surface area contributed by atoms with Gasteiger partial charge in [0.25, 0.3) is 5.69 Å². The van der Waals surface area contributed by atoms with E-state index in [4.69, 9.17) is 14.0 Å². The van der Waals surface area contributed by atoms with Gasteiger partial charge < -0.3 is 24.2 Å². The summed E-state index contributed by atoms with van der Waals surface area (Å²) >= 11 is 0. The molecule has 1 saturated heterocycles. The van der Waals surface area contributed by atoms with Crippen LogP contribution in [0.3, 0.4) is 0 Å². The van der Waals surface area contributed by atoms with Gasteiger partial charge in [0.15, 0.2) is 0 Å². The van der Waals surface area contributed by atoms with E-state index in [1.165, 1.54) is 0 Å². The van der Waals surface area contributed by atoms with Crippen molar-refractivity contribution in [1.82, 2.24) is 9.62 Å². The molecule has 1 fully saturated rings. The third-order valence-electron chi connectivity index (χ3n) is 6.15. The van der Waals surface area contributed by atoms with E-state index < -0.39 is 53.6 Å². The molecule has 41 heavy (non-hydrogen) atoms. The fraction of sp³-hybridized carbons (Fsp3) is 0.500. The minimum absolute atomic E-state index is 0.00293. The molecule has 0 spiro atoms. The summed E-state index contributed by atoms with van der Waals surface area (Å²) in [7, 11) is -8.45. The number of amides is 1. The summed E-state index contributed by atoms with van der Waals surface area (Å²) in [5.41, 5.74) is 0.477. The van der Waals surface area contributed by atoms with Crippen LogP contribution >= 0.6 is 7.60 Å². The maximum Gasteiger partial charge on any atom is 0.409 e. The Labute approximate surface area is 239 Å². The van der Waals surface area contributed by atoms with Gasteiger partial charge in [-0.3, -0.25) is 14.7 Å². The SMILES string of the molecule is CC(C)CN(CC(OP(C)(=O)O)C(Cc1ccccc1)NC(=O)OC1CCCO1)S(=O)(=O)c1ccc([N+](=O)[O-])cc1. The standard InChI is InChI=1S/C26H36N3O10PS/c1-19(2)17-28(41(35,36)22-13-11-21(12-14-22)29(31)32)18-24(39-40(3,33)34)23(16-20-8-5-4-6-9-20)27-26(30)38-25-10-7-15-37-25/h4-6,8-9,11-14,19,23-25H,7,10,15-18H2,1-3H3,(H,27,30)(H,33,34). The Morgan fingerprint density at radius 3 is 2.39 bits per heavy atom. The van der Waals surface area contributed by atoms with Gasteiger partial charge in [-0.2, -0.15) is 4.31 Å². The van der Waals surface area contributed by atoms with E-state index in [1.54, 1.807) is 44.2 Å². The number of hydrogen-bond donors (Lipinski definition) is 2. The van der Waals surface area contributed by atoms with E-state index in [0.29, 0.717) is 13.0 Å². The number of nitrogens with zero attached hydrogens (tertiary/aromatic N) is 2. The number of nitro groups is 1. The smallest absolute Gasteiger partial charge is 0.409 e. The number of nitro benzene ring substituents is 1. The highest BCUT2D eigenvalue weighted by Crippen LogP contribution is 2.40. The summed E-state index contributed by atoms with van der Waals surface area (Å²) < 4.78 is 57.3. The summed E-state index contributed by atoms with van der Waals surface area (Å²) in [5, 5.41) is 13.8. The molecular weight excluding hydrogens is 577 g/mol. The Morgan fingerprint density at radius 2 is 1.85 bits per heavy atom. The van der Waals surface area contributed by atoms with Gasteiger partial charge in [-0.05, 0) is 36.5 Å². The molecule has 1 amide bonds. The topological polar surface area (TPSA) is 175 Å². The average molecular weight is 614 g/mol. The normalized spacial score (nSPS) is 18.5. The monoisotopic (exact) mass is 613 g/mol. The Balaban J connectivity index is 1.97. The zero-order valence-corrected chi connectivity index (χ0v) is 24.8. The number of rotatable bonds is 14. The first kappa shape index (κ1) is 32.6. The zero-order chi connectivity index (χ0) is 30.2. The molecule has 2 aromatic rings. The molecule has 15 heteroatoms. The van der Waals surface area contributed by atoms with Gasteiger partial charge in [0.2, 0.25) is 16.3 Å². The average Bonchev–Trinajstić information content (AvgIpc) is 3.40. The van der Waals surface area contributed by atoms with Crippen molar-refractivity contribution >= 4 is 29.4 Å². The van der Waals surface area contributed by atoms with Crippen LogP contribution in [-0.2, 0) is 35.0 Å². The van der Waals surface area contributed by atoms with Crippen molar-refractivity contribution in [2.24, 2.45) is 5.92 Å².